The molecular formula is C19H21ClO3S. The Hall–Kier alpha value is -1.65. The van der Waals surface area contributed by atoms with Crippen molar-refractivity contribution in [3.8, 4) is 0 Å². The van der Waals surface area contributed by atoms with E-state index in [1.54, 1.807) is 19.1 Å². The Labute approximate surface area is 150 Å². The molecule has 5 heteroatoms. The zero-order valence-electron chi connectivity index (χ0n) is 14.2. The second kappa shape index (κ2) is 7.49. The SMILES string of the molecule is CC(=O)OC(C)(c1ccc(C)cc1)C(Cl)[S@](=O)c1ccc(C)cc1. The summed E-state index contributed by atoms with van der Waals surface area (Å²) in [6.45, 7) is 6.95. The Kier molecular flexibility index (Phi) is 5.83. The fourth-order valence-corrected chi connectivity index (χ4v) is 4.13. The summed E-state index contributed by atoms with van der Waals surface area (Å²) >= 11 is 6.55. The second-order valence-corrected chi connectivity index (χ2v) is 8.23. The van der Waals surface area contributed by atoms with E-state index in [2.05, 4.69) is 0 Å². The molecule has 0 aliphatic rings. The number of alkyl halides is 1. The highest BCUT2D eigenvalue weighted by Crippen LogP contribution is 2.37. The number of carbonyl (C=O) groups is 1. The molecule has 3 nitrogen and oxygen atoms in total. The summed E-state index contributed by atoms with van der Waals surface area (Å²) in [5.74, 6) is -0.468. The van der Waals surface area contributed by atoms with E-state index in [0.29, 0.717) is 10.5 Å². The van der Waals surface area contributed by atoms with Crippen LogP contribution < -0.4 is 0 Å². The van der Waals surface area contributed by atoms with Crippen LogP contribution in [-0.4, -0.2) is 14.9 Å². The lowest BCUT2D eigenvalue weighted by molar-refractivity contribution is -0.155. The average molecular weight is 365 g/mol. The van der Waals surface area contributed by atoms with E-state index in [-0.39, 0.29) is 0 Å². The number of carbonyl (C=O) groups excluding carboxylic acids is 1. The lowest BCUT2D eigenvalue weighted by Gasteiger charge is -2.33. The standard InChI is InChI=1S/C19H21ClO3S/c1-13-5-9-16(10-6-13)19(4,23-15(3)21)18(20)24(22)17-11-7-14(2)8-12-17/h5-12,18H,1-4H3/t18?,19?,24-/m1/s1. The van der Waals surface area contributed by atoms with Crippen LogP contribution in [0.15, 0.2) is 53.4 Å². The van der Waals surface area contributed by atoms with Crippen LogP contribution in [0.4, 0.5) is 0 Å². The summed E-state index contributed by atoms with van der Waals surface area (Å²) in [6, 6.07) is 14.8. The molecule has 0 aliphatic carbocycles. The predicted octanol–water partition coefficient (Wildman–Crippen LogP) is 4.45. The summed E-state index contributed by atoms with van der Waals surface area (Å²) in [7, 11) is -1.54. The third-order valence-electron chi connectivity index (χ3n) is 3.85. The number of rotatable bonds is 5. The highest BCUT2D eigenvalue weighted by atomic mass is 35.5. The Morgan fingerprint density at radius 3 is 1.96 bits per heavy atom. The average Bonchev–Trinajstić information content (AvgIpc) is 2.54. The number of aryl methyl sites for hydroxylation is 2. The maximum absolute atomic E-state index is 12.9. The van der Waals surface area contributed by atoms with Crippen molar-refractivity contribution in [3.63, 3.8) is 0 Å². The van der Waals surface area contributed by atoms with E-state index < -0.39 is 27.1 Å². The first-order valence-corrected chi connectivity index (χ1v) is 9.27. The predicted molar refractivity (Wildman–Crippen MR) is 97.5 cm³/mol. The molecule has 0 saturated carbocycles. The van der Waals surface area contributed by atoms with Gasteiger partial charge in [-0.25, -0.2) is 0 Å². The van der Waals surface area contributed by atoms with Gasteiger partial charge in [0.1, 0.15) is 0 Å². The van der Waals surface area contributed by atoms with E-state index in [4.69, 9.17) is 16.3 Å². The van der Waals surface area contributed by atoms with Gasteiger partial charge in [-0.15, -0.1) is 11.6 Å². The van der Waals surface area contributed by atoms with Crippen LogP contribution in [0.25, 0.3) is 0 Å². The normalized spacial score (nSPS) is 16.0. The molecule has 24 heavy (non-hydrogen) atoms. The number of hydrogen-bond acceptors (Lipinski definition) is 3. The third-order valence-corrected chi connectivity index (χ3v) is 6.32. The van der Waals surface area contributed by atoms with Gasteiger partial charge in [-0.05, 0) is 38.5 Å². The van der Waals surface area contributed by atoms with Crippen molar-refractivity contribution in [2.45, 2.75) is 42.9 Å². The number of hydrogen-bond donors (Lipinski definition) is 0. The second-order valence-electron chi connectivity index (χ2n) is 5.99. The van der Waals surface area contributed by atoms with Crippen LogP contribution in [0, 0.1) is 13.8 Å². The fourth-order valence-electron chi connectivity index (χ4n) is 2.42. The smallest absolute Gasteiger partial charge is 0.303 e. The summed E-state index contributed by atoms with van der Waals surface area (Å²) in [5, 5.41) is 0. The van der Waals surface area contributed by atoms with E-state index in [1.807, 2.05) is 50.2 Å². The molecule has 0 amide bonds. The van der Waals surface area contributed by atoms with Gasteiger partial charge in [0, 0.05) is 11.8 Å². The molecule has 0 aliphatic heterocycles. The van der Waals surface area contributed by atoms with Gasteiger partial charge in [0.25, 0.3) is 0 Å². The molecule has 0 heterocycles. The minimum atomic E-state index is -1.54. The quantitative estimate of drug-likeness (QED) is 0.581. The maximum atomic E-state index is 12.9. The van der Waals surface area contributed by atoms with Crippen molar-refractivity contribution >= 4 is 28.4 Å². The first-order valence-electron chi connectivity index (χ1n) is 7.62. The Morgan fingerprint density at radius 1 is 1.04 bits per heavy atom. The first kappa shape index (κ1) is 18.7. The van der Waals surface area contributed by atoms with Gasteiger partial charge in [0.05, 0.1) is 10.8 Å². The lowest BCUT2D eigenvalue weighted by atomic mass is 9.96. The molecule has 0 fully saturated rings. The van der Waals surface area contributed by atoms with Gasteiger partial charge >= 0.3 is 5.97 Å². The minimum Gasteiger partial charge on any atom is -0.452 e. The van der Waals surface area contributed by atoms with Crippen LogP contribution in [0.1, 0.15) is 30.5 Å². The maximum Gasteiger partial charge on any atom is 0.303 e. The first-order chi connectivity index (χ1) is 11.2. The van der Waals surface area contributed by atoms with E-state index in [9.17, 15) is 9.00 Å². The molecular weight excluding hydrogens is 344 g/mol. The molecule has 3 atom stereocenters. The molecule has 0 saturated heterocycles. The summed E-state index contributed by atoms with van der Waals surface area (Å²) in [4.78, 5) is 12.2. The summed E-state index contributed by atoms with van der Waals surface area (Å²) in [6.07, 6.45) is 0. The molecule has 128 valence electrons. The van der Waals surface area contributed by atoms with Gasteiger partial charge in [-0.2, -0.15) is 0 Å². The molecule has 2 aromatic rings. The van der Waals surface area contributed by atoms with Gasteiger partial charge in [0.15, 0.2) is 10.3 Å². The van der Waals surface area contributed by atoms with Crippen molar-refractivity contribution in [2.75, 3.05) is 0 Å². The van der Waals surface area contributed by atoms with Crippen molar-refractivity contribution in [1.29, 1.82) is 0 Å². The summed E-state index contributed by atoms with van der Waals surface area (Å²) < 4.78 is 17.5. The fraction of sp³-hybridized carbons (Fsp3) is 0.316. The minimum absolute atomic E-state index is 0.468. The molecule has 2 unspecified atom stereocenters. The van der Waals surface area contributed by atoms with Gasteiger partial charge in [-0.3, -0.25) is 9.00 Å². The number of halogens is 1. The zero-order valence-corrected chi connectivity index (χ0v) is 15.8. The monoisotopic (exact) mass is 364 g/mol. The van der Waals surface area contributed by atoms with Gasteiger partial charge < -0.3 is 4.74 Å². The molecule has 0 aromatic heterocycles. The molecule has 0 spiro atoms. The van der Waals surface area contributed by atoms with E-state index in [1.165, 1.54) is 6.92 Å². The van der Waals surface area contributed by atoms with Crippen LogP contribution in [0.2, 0.25) is 0 Å². The van der Waals surface area contributed by atoms with Crippen molar-refractivity contribution in [3.05, 3.63) is 65.2 Å². The van der Waals surface area contributed by atoms with Crippen LogP contribution in [0.3, 0.4) is 0 Å². The highest BCUT2D eigenvalue weighted by Gasteiger charge is 2.42. The molecule has 2 aromatic carbocycles. The van der Waals surface area contributed by atoms with Crippen LogP contribution in [0.5, 0.6) is 0 Å². The number of esters is 1. The molecule has 0 N–H and O–H groups in total. The van der Waals surface area contributed by atoms with Crippen molar-refractivity contribution < 1.29 is 13.7 Å². The van der Waals surface area contributed by atoms with Crippen molar-refractivity contribution in [2.24, 2.45) is 0 Å². The molecule has 0 radical (unpaired) electrons. The van der Waals surface area contributed by atoms with Crippen LogP contribution >= 0.6 is 11.6 Å². The van der Waals surface area contributed by atoms with E-state index >= 15 is 0 Å². The molecule has 2 rings (SSSR count). The lowest BCUT2D eigenvalue weighted by Crippen LogP contribution is -2.40. The largest absolute Gasteiger partial charge is 0.452 e. The number of ether oxygens (including phenoxy) is 1. The van der Waals surface area contributed by atoms with Crippen LogP contribution in [-0.2, 0) is 25.9 Å². The zero-order chi connectivity index (χ0) is 17.9. The third kappa shape index (κ3) is 4.05. The summed E-state index contributed by atoms with van der Waals surface area (Å²) in [5.41, 5.74) is 1.67. The Bertz CT molecular complexity index is 740. The van der Waals surface area contributed by atoms with Gasteiger partial charge in [0.2, 0.25) is 0 Å². The Balaban J connectivity index is 2.42. The van der Waals surface area contributed by atoms with Crippen molar-refractivity contribution in [1.82, 2.24) is 0 Å². The Morgan fingerprint density at radius 2 is 1.50 bits per heavy atom. The number of benzene rings is 2. The highest BCUT2D eigenvalue weighted by molar-refractivity contribution is 7.87. The van der Waals surface area contributed by atoms with E-state index in [0.717, 1.165) is 11.1 Å². The van der Waals surface area contributed by atoms with Gasteiger partial charge in [-0.1, -0.05) is 47.5 Å². The topological polar surface area (TPSA) is 43.4 Å². The molecule has 0 bridgehead atoms.